The van der Waals surface area contributed by atoms with Gasteiger partial charge in [-0.3, -0.25) is 14.6 Å². The Kier molecular flexibility index (Phi) is 7.97. The monoisotopic (exact) mass is 528 g/mol. The number of hydrogen-bond donors (Lipinski definition) is 0. The minimum Gasteiger partial charge on any atom is -0.379 e. The van der Waals surface area contributed by atoms with Crippen LogP contribution in [0.25, 0.3) is 10.2 Å². The molecular weight excluding hydrogens is 496 g/mol. The Balaban J connectivity index is 1.35. The Morgan fingerprint density at radius 2 is 1.69 bits per heavy atom. The highest BCUT2D eigenvalue weighted by molar-refractivity contribution is 7.89. The zero-order valence-corrected chi connectivity index (χ0v) is 22.0. The molecule has 2 fully saturated rings. The van der Waals surface area contributed by atoms with Crippen molar-refractivity contribution in [1.29, 1.82) is 0 Å². The van der Waals surface area contributed by atoms with E-state index in [2.05, 4.69) is 4.90 Å². The second kappa shape index (κ2) is 11.4. The molecule has 0 unspecified atom stereocenters. The van der Waals surface area contributed by atoms with E-state index in [1.807, 2.05) is 24.3 Å². The van der Waals surface area contributed by atoms with Crippen molar-refractivity contribution in [3.05, 3.63) is 54.1 Å². The average molecular weight is 529 g/mol. The number of morpholine rings is 1. The molecule has 1 aromatic heterocycles. The van der Waals surface area contributed by atoms with E-state index >= 15 is 0 Å². The number of para-hydroxylation sites is 1. The maximum atomic E-state index is 13.7. The zero-order valence-electron chi connectivity index (χ0n) is 20.3. The molecule has 2 aliphatic heterocycles. The molecule has 0 atom stereocenters. The first-order valence-electron chi connectivity index (χ1n) is 12.6. The third-order valence-electron chi connectivity index (χ3n) is 6.77. The molecule has 5 rings (SSSR count). The topological polar surface area (TPSA) is 83.1 Å². The summed E-state index contributed by atoms with van der Waals surface area (Å²) in [6.07, 6.45) is 3.64. The molecule has 2 saturated heterocycles. The van der Waals surface area contributed by atoms with E-state index in [9.17, 15) is 13.2 Å². The highest BCUT2D eigenvalue weighted by Gasteiger charge is 2.27. The van der Waals surface area contributed by atoms with Crippen LogP contribution in [-0.4, -0.2) is 81.0 Å². The van der Waals surface area contributed by atoms with Gasteiger partial charge >= 0.3 is 0 Å². The van der Waals surface area contributed by atoms with Crippen LogP contribution in [0.3, 0.4) is 0 Å². The van der Waals surface area contributed by atoms with Gasteiger partial charge in [-0.1, -0.05) is 29.9 Å². The molecule has 2 aromatic carbocycles. The van der Waals surface area contributed by atoms with Gasteiger partial charge in [-0.05, 0) is 55.7 Å². The number of carbonyl (C=O) groups is 1. The minimum absolute atomic E-state index is 0.169. The number of piperidine rings is 1. The fourth-order valence-electron chi connectivity index (χ4n) is 4.72. The fourth-order valence-corrected chi connectivity index (χ4v) is 7.22. The number of nitrogens with zero attached hydrogens (tertiary/aromatic N) is 4. The number of fused-ring (bicyclic) bond motifs is 1. The molecule has 0 radical (unpaired) electrons. The van der Waals surface area contributed by atoms with Gasteiger partial charge in [0.15, 0.2) is 5.13 Å². The summed E-state index contributed by atoms with van der Waals surface area (Å²) < 4.78 is 34.1. The smallest absolute Gasteiger partial charge is 0.260 e. The Morgan fingerprint density at radius 1 is 0.972 bits per heavy atom. The molecule has 3 aromatic rings. The van der Waals surface area contributed by atoms with Crippen molar-refractivity contribution in [3.8, 4) is 0 Å². The number of sulfonamides is 1. The largest absolute Gasteiger partial charge is 0.379 e. The molecule has 3 heterocycles. The SMILES string of the molecule is O=C(c1ccc(S(=O)(=O)N2CCCCC2)cc1)N(CCCN1CCOCC1)c1nc2ccccc2s1. The van der Waals surface area contributed by atoms with Gasteiger partial charge in [-0.2, -0.15) is 4.31 Å². The first kappa shape index (κ1) is 25.3. The maximum Gasteiger partial charge on any atom is 0.260 e. The molecule has 0 bridgehead atoms. The van der Waals surface area contributed by atoms with Crippen LogP contribution in [0.4, 0.5) is 5.13 Å². The summed E-state index contributed by atoms with van der Waals surface area (Å²) >= 11 is 1.50. The Morgan fingerprint density at radius 3 is 2.42 bits per heavy atom. The number of benzene rings is 2. The van der Waals surface area contributed by atoms with Crippen molar-refractivity contribution >= 4 is 42.6 Å². The summed E-state index contributed by atoms with van der Waals surface area (Å²) in [6, 6.07) is 14.2. The molecule has 192 valence electrons. The predicted octanol–water partition coefficient (Wildman–Crippen LogP) is 3.84. The molecule has 8 nitrogen and oxygen atoms in total. The molecule has 36 heavy (non-hydrogen) atoms. The van der Waals surface area contributed by atoms with Crippen molar-refractivity contribution in [2.75, 3.05) is 57.4 Å². The van der Waals surface area contributed by atoms with Crippen LogP contribution in [0.15, 0.2) is 53.4 Å². The molecule has 0 spiro atoms. The number of ether oxygens (including phenoxy) is 1. The minimum atomic E-state index is -3.54. The lowest BCUT2D eigenvalue weighted by Gasteiger charge is -2.28. The number of amides is 1. The number of aromatic nitrogens is 1. The maximum absolute atomic E-state index is 13.7. The van der Waals surface area contributed by atoms with Gasteiger partial charge in [-0.25, -0.2) is 13.4 Å². The van der Waals surface area contributed by atoms with E-state index in [-0.39, 0.29) is 10.8 Å². The molecule has 1 amide bonds. The Labute approximate surface area is 216 Å². The normalized spacial score (nSPS) is 17.9. The lowest BCUT2D eigenvalue weighted by Crippen LogP contribution is -2.39. The van der Waals surface area contributed by atoms with E-state index in [1.54, 1.807) is 33.5 Å². The third-order valence-corrected chi connectivity index (χ3v) is 9.74. The van der Waals surface area contributed by atoms with Gasteiger partial charge in [0.25, 0.3) is 5.91 Å². The van der Waals surface area contributed by atoms with E-state index in [4.69, 9.17) is 9.72 Å². The summed E-state index contributed by atoms with van der Waals surface area (Å²) in [5.74, 6) is -0.169. The second-order valence-corrected chi connectivity index (χ2v) is 12.2. The highest BCUT2D eigenvalue weighted by Crippen LogP contribution is 2.30. The summed E-state index contributed by atoms with van der Waals surface area (Å²) in [5, 5.41) is 0.660. The van der Waals surface area contributed by atoms with Crippen LogP contribution in [0, 0.1) is 0 Å². The van der Waals surface area contributed by atoms with Crippen LogP contribution in [0.2, 0.25) is 0 Å². The third kappa shape index (κ3) is 5.63. The first-order chi connectivity index (χ1) is 17.5. The van der Waals surface area contributed by atoms with E-state index < -0.39 is 10.0 Å². The van der Waals surface area contributed by atoms with Crippen molar-refractivity contribution in [3.63, 3.8) is 0 Å². The lowest BCUT2D eigenvalue weighted by atomic mass is 10.2. The number of anilines is 1. The summed E-state index contributed by atoms with van der Waals surface area (Å²) in [4.78, 5) is 22.7. The number of thiazole rings is 1. The summed E-state index contributed by atoms with van der Waals surface area (Å²) in [6.45, 7) is 5.81. The highest BCUT2D eigenvalue weighted by atomic mass is 32.2. The van der Waals surface area contributed by atoms with Crippen molar-refractivity contribution in [2.24, 2.45) is 0 Å². The second-order valence-electron chi connectivity index (χ2n) is 9.22. The number of hydrogen-bond acceptors (Lipinski definition) is 7. The molecule has 0 saturated carbocycles. The molecular formula is C26H32N4O4S2. The summed E-state index contributed by atoms with van der Waals surface area (Å²) in [7, 11) is -3.54. The fraction of sp³-hybridized carbons (Fsp3) is 0.462. The van der Waals surface area contributed by atoms with Gasteiger partial charge in [-0.15, -0.1) is 0 Å². The van der Waals surface area contributed by atoms with Crippen LogP contribution in [0.1, 0.15) is 36.0 Å². The van der Waals surface area contributed by atoms with E-state index in [0.717, 1.165) is 68.7 Å². The predicted molar refractivity (Wildman–Crippen MR) is 142 cm³/mol. The van der Waals surface area contributed by atoms with Gasteiger partial charge < -0.3 is 4.74 Å². The van der Waals surface area contributed by atoms with Gasteiger partial charge in [0, 0.05) is 44.8 Å². The molecule has 0 N–H and O–H groups in total. The Hall–Kier alpha value is -2.37. The van der Waals surface area contributed by atoms with Gasteiger partial charge in [0.05, 0.1) is 28.3 Å². The number of carbonyl (C=O) groups excluding carboxylic acids is 1. The van der Waals surface area contributed by atoms with Crippen LogP contribution in [0.5, 0.6) is 0 Å². The molecule has 2 aliphatic rings. The quantitative estimate of drug-likeness (QED) is 0.442. The molecule has 10 heteroatoms. The lowest BCUT2D eigenvalue weighted by molar-refractivity contribution is 0.0376. The summed E-state index contributed by atoms with van der Waals surface area (Å²) in [5.41, 5.74) is 1.32. The zero-order chi connectivity index (χ0) is 25.0. The van der Waals surface area contributed by atoms with Crippen LogP contribution < -0.4 is 4.90 Å². The van der Waals surface area contributed by atoms with Crippen LogP contribution >= 0.6 is 11.3 Å². The number of rotatable bonds is 8. The van der Waals surface area contributed by atoms with Crippen molar-refractivity contribution in [1.82, 2.24) is 14.2 Å². The molecule has 0 aliphatic carbocycles. The van der Waals surface area contributed by atoms with Crippen molar-refractivity contribution in [2.45, 2.75) is 30.6 Å². The average Bonchev–Trinajstić information content (AvgIpc) is 3.36. The van der Waals surface area contributed by atoms with Crippen molar-refractivity contribution < 1.29 is 17.9 Å². The van der Waals surface area contributed by atoms with Crippen LogP contribution in [-0.2, 0) is 14.8 Å². The van der Waals surface area contributed by atoms with E-state index in [1.165, 1.54) is 11.3 Å². The van der Waals surface area contributed by atoms with Gasteiger partial charge in [0.2, 0.25) is 10.0 Å². The van der Waals surface area contributed by atoms with Gasteiger partial charge in [0.1, 0.15) is 0 Å². The van der Waals surface area contributed by atoms with E-state index in [0.29, 0.717) is 30.3 Å². The first-order valence-corrected chi connectivity index (χ1v) is 14.9. The Bertz CT molecular complexity index is 1250. The standard InChI is InChI=1S/C26H32N4O4S2/c31-25(21-9-11-22(12-10-21)36(32,33)29-14-4-1-5-15-29)30(16-6-13-28-17-19-34-20-18-28)26-27-23-7-2-3-8-24(23)35-26/h2-3,7-12H,1,4-6,13-20H2.